The van der Waals surface area contributed by atoms with Crippen molar-refractivity contribution in [2.24, 2.45) is 5.73 Å². The molecule has 0 rings (SSSR count). The largest absolute Gasteiger partial charge is 0.383 e. The van der Waals surface area contributed by atoms with Crippen molar-refractivity contribution in [1.82, 2.24) is 4.90 Å². The van der Waals surface area contributed by atoms with Gasteiger partial charge in [0.1, 0.15) is 0 Å². The summed E-state index contributed by atoms with van der Waals surface area (Å²) in [7, 11) is 3.37. The van der Waals surface area contributed by atoms with Gasteiger partial charge in [0.2, 0.25) is 5.91 Å². The molecule has 0 spiro atoms. The summed E-state index contributed by atoms with van der Waals surface area (Å²) >= 11 is 0. The van der Waals surface area contributed by atoms with Gasteiger partial charge in [-0.25, -0.2) is 0 Å². The van der Waals surface area contributed by atoms with Gasteiger partial charge in [0.25, 0.3) is 0 Å². The minimum atomic E-state index is -0.432. The Morgan fingerprint density at radius 3 is 2.46 bits per heavy atom. The monoisotopic (exact) mass is 188 g/mol. The van der Waals surface area contributed by atoms with Crippen LogP contribution in [0.15, 0.2) is 0 Å². The first kappa shape index (κ1) is 12.4. The molecule has 0 heterocycles. The Labute approximate surface area is 80.0 Å². The van der Waals surface area contributed by atoms with Crippen LogP contribution < -0.4 is 5.73 Å². The second-order valence-electron chi connectivity index (χ2n) is 3.97. The van der Waals surface area contributed by atoms with Crippen molar-refractivity contribution in [3.63, 3.8) is 0 Å². The lowest BCUT2D eigenvalue weighted by molar-refractivity contribution is -0.131. The van der Waals surface area contributed by atoms with E-state index >= 15 is 0 Å². The van der Waals surface area contributed by atoms with Crippen LogP contribution in [0.1, 0.15) is 20.3 Å². The van der Waals surface area contributed by atoms with Crippen LogP contribution in [-0.2, 0) is 9.53 Å². The molecule has 0 aliphatic heterocycles. The minimum absolute atomic E-state index is 0.0598. The van der Waals surface area contributed by atoms with Gasteiger partial charge in [0.15, 0.2) is 0 Å². The highest BCUT2D eigenvalue weighted by Gasteiger charge is 2.18. The predicted octanol–water partition coefficient (Wildman–Crippen LogP) is 0.219. The highest BCUT2D eigenvalue weighted by molar-refractivity contribution is 5.77. The van der Waals surface area contributed by atoms with Crippen LogP contribution in [0.5, 0.6) is 0 Å². The number of carbonyl (C=O) groups excluding carboxylic acids is 1. The number of nitrogens with zero attached hydrogens (tertiary/aromatic N) is 1. The molecule has 4 nitrogen and oxygen atoms in total. The first-order chi connectivity index (χ1) is 5.87. The number of likely N-dealkylation sites (N-methyl/N-ethyl adjacent to an activating group) is 1. The summed E-state index contributed by atoms with van der Waals surface area (Å²) in [5.74, 6) is 0.0598. The highest BCUT2D eigenvalue weighted by atomic mass is 16.5. The maximum atomic E-state index is 11.5. The average molecular weight is 188 g/mol. The van der Waals surface area contributed by atoms with E-state index in [-0.39, 0.29) is 5.91 Å². The number of hydrogen-bond donors (Lipinski definition) is 1. The van der Waals surface area contributed by atoms with Crippen LogP contribution in [0.2, 0.25) is 0 Å². The molecular weight excluding hydrogens is 168 g/mol. The number of rotatable bonds is 5. The van der Waals surface area contributed by atoms with Crippen molar-refractivity contribution in [2.75, 3.05) is 27.3 Å². The lowest BCUT2D eigenvalue weighted by Crippen LogP contribution is -2.40. The van der Waals surface area contributed by atoms with Crippen molar-refractivity contribution in [3.05, 3.63) is 0 Å². The fourth-order valence-corrected chi connectivity index (χ4v) is 0.878. The third kappa shape index (κ3) is 6.54. The van der Waals surface area contributed by atoms with Gasteiger partial charge < -0.3 is 15.4 Å². The van der Waals surface area contributed by atoms with Crippen LogP contribution in [-0.4, -0.2) is 43.7 Å². The van der Waals surface area contributed by atoms with Crippen molar-refractivity contribution < 1.29 is 9.53 Å². The van der Waals surface area contributed by atoms with E-state index < -0.39 is 5.54 Å². The fraction of sp³-hybridized carbons (Fsp3) is 0.889. The van der Waals surface area contributed by atoms with Crippen LogP contribution in [0.4, 0.5) is 0 Å². The van der Waals surface area contributed by atoms with Crippen LogP contribution in [0, 0.1) is 0 Å². The predicted molar refractivity (Wildman–Crippen MR) is 52.4 cm³/mol. The average Bonchev–Trinajstić information content (AvgIpc) is 1.96. The van der Waals surface area contributed by atoms with E-state index in [9.17, 15) is 4.79 Å². The van der Waals surface area contributed by atoms with Crippen LogP contribution in [0.25, 0.3) is 0 Å². The van der Waals surface area contributed by atoms with E-state index in [1.807, 2.05) is 13.8 Å². The third-order valence-electron chi connectivity index (χ3n) is 1.66. The van der Waals surface area contributed by atoms with Crippen LogP contribution >= 0.6 is 0 Å². The molecule has 78 valence electrons. The Balaban J connectivity index is 3.83. The van der Waals surface area contributed by atoms with E-state index in [0.29, 0.717) is 19.6 Å². The Hall–Kier alpha value is -0.610. The van der Waals surface area contributed by atoms with Crippen molar-refractivity contribution in [2.45, 2.75) is 25.8 Å². The fourth-order valence-electron chi connectivity index (χ4n) is 0.878. The second kappa shape index (κ2) is 5.19. The van der Waals surface area contributed by atoms with Gasteiger partial charge in [-0.15, -0.1) is 0 Å². The summed E-state index contributed by atoms with van der Waals surface area (Å²) in [6, 6.07) is 0. The number of amides is 1. The molecule has 0 aromatic rings. The van der Waals surface area contributed by atoms with Gasteiger partial charge in [-0.1, -0.05) is 0 Å². The van der Waals surface area contributed by atoms with Crippen LogP contribution in [0.3, 0.4) is 0 Å². The quantitative estimate of drug-likeness (QED) is 0.671. The molecule has 0 radical (unpaired) electrons. The number of hydrogen-bond acceptors (Lipinski definition) is 3. The molecule has 0 aliphatic rings. The van der Waals surface area contributed by atoms with Gasteiger partial charge in [-0.3, -0.25) is 4.79 Å². The highest BCUT2D eigenvalue weighted by Crippen LogP contribution is 2.05. The normalized spacial score (nSPS) is 11.5. The zero-order valence-corrected chi connectivity index (χ0v) is 8.96. The van der Waals surface area contributed by atoms with E-state index in [1.165, 1.54) is 0 Å². The number of ether oxygens (including phenoxy) is 1. The summed E-state index contributed by atoms with van der Waals surface area (Å²) < 4.78 is 4.87. The minimum Gasteiger partial charge on any atom is -0.383 e. The summed E-state index contributed by atoms with van der Waals surface area (Å²) in [5, 5.41) is 0. The molecule has 0 unspecified atom stereocenters. The molecule has 0 aliphatic carbocycles. The third-order valence-corrected chi connectivity index (χ3v) is 1.66. The summed E-state index contributed by atoms with van der Waals surface area (Å²) in [5.41, 5.74) is 5.29. The standard InChI is InChI=1S/C9H20N2O2/c1-9(2,10)7-8(12)11(3)5-6-13-4/h5-7,10H2,1-4H3. The van der Waals surface area contributed by atoms with Crippen molar-refractivity contribution in [1.29, 1.82) is 0 Å². The maximum absolute atomic E-state index is 11.5. The van der Waals surface area contributed by atoms with Crippen molar-refractivity contribution in [3.8, 4) is 0 Å². The number of nitrogens with two attached hydrogens (primary N) is 1. The summed E-state index contributed by atoms with van der Waals surface area (Å²) in [6.45, 7) is 4.86. The van der Waals surface area contributed by atoms with Gasteiger partial charge in [0, 0.05) is 32.7 Å². The topological polar surface area (TPSA) is 55.6 Å². The molecular formula is C9H20N2O2. The Morgan fingerprint density at radius 1 is 1.54 bits per heavy atom. The molecule has 0 atom stereocenters. The Kier molecular flexibility index (Phi) is 4.95. The molecule has 13 heavy (non-hydrogen) atoms. The van der Waals surface area contributed by atoms with Gasteiger partial charge in [-0.2, -0.15) is 0 Å². The van der Waals surface area contributed by atoms with E-state index in [1.54, 1.807) is 19.1 Å². The van der Waals surface area contributed by atoms with Crippen molar-refractivity contribution >= 4 is 5.91 Å². The molecule has 0 bridgehead atoms. The summed E-state index contributed by atoms with van der Waals surface area (Å²) in [4.78, 5) is 13.1. The van der Waals surface area contributed by atoms with Gasteiger partial charge in [-0.05, 0) is 13.8 Å². The zero-order chi connectivity index (χ0) is 10.5. The summed E-state index contributed by atoms with van der Waals surface area (Å²) in [6.07, 6.45) is 0.368. The maximum Gasteiger partial charge on any atom is 0.224 e. The number of carbonyl (C=O) groups is 1. The SMILES string of the molecule is COCCN(C)C(=O)CC(C)(C)N. The van der Waals surface area contributed by atoms with E-state index in [4.69, 9.17) is 10.5 Å². The zero-order valence-electron chi connectivity index (χ0n) is 8.96. The second-order valence-corrected chi connectivity index (χ2v) is 3.97. The van der Waals surface area contributed by atoms with E-state index in [2.05, 4.69) is 0 Å². The Bertz CT molecular complexity index is 163. The first-order valence-corrected chi connectivity index (χ1v) is 4.38. The smallest absolute Gasteiger partial charge is 0.224 e. The molecule has 4 heteroatoms. The molecule has 1 amide bonds. The molecule has 0 aromatic carbocycles. The van der Waals surface area contributed by atoms with Gasteiger partial charge in [0.05, 0.1) is 6.61 Å². The number of methoxy groups -OCH3 is 1. The Morgan fingerprint density at radius 2 is 2.08 bits per heavy atom. The molecule has 2 N–H and O–H groups in total. The lowest BCUT2D eigenvalue weighted by Gasteiger charge is -2.22. The first-order valence-electron chi connectivity index (χ1n) is 4.38. The molecule has 0 saturated carbocycles. The lowest BCUT2D eigenvalue weighted by atomic mass is 10.0. The van der Waals surface area contributed by atoms with E-state index in [0.717, 1.165) is 0 Å². The molecule has 0 aromatic heterocycles. The molecule has 0 saturated heterocycles. The molecule has 0 fully saturated rings. The van der Waals surface area contributed by atoms with Gasteiger partial charge >= 0.3 is 0 Å².